The molecule has 0 heterocycles. The summed E-state index contributed by atoms with van der Waals surface area (Å²) < 4.78 is 14.3. The number of nitrogens with one attached hydrogen (secondary N) is 1. The van der Waals surface area contributed by atoms with Crippen molar-refractivity contribution in [3.8, 4) is 0 Å². The van der Waals surface area contributed by atoms with Crippen LogP contribution in [0.3, 0.4) is 0 Å². The van der Waals surface area contributed by atoms with Crippen molar-refractivity contribution in [3.05, 3.63) is 63.9 Å². The summed E-state index contributed by atoms with van der Waals surface area (Å²) in [5, 5.41) is 2.60. The number of aryl methyl sites for hydroxylation is 1. The van der Waals surface area contributed by atoms with E-state index in [4.69, 9.17) is 0 Å². The number of rotatable bonds is 6. The Labute approximate surface area is 144 Å². The lowest BCUT2D eigenvalue weighted by atomic mass is 10.1. The molecule has 0 bridgehead atoms. The number of amides is 1. The quantitative estimate of drug-likeness (QED) is 0.815. The Morgan fingerprint density at radius 1 is 1.17 bits per heavy atom. The van der Waals surface area contributed by atoms with Gasteiger partial charge >= 0.3 is 0 Å². The van der Waals surface area contributed by atoms with Crippen LogP contribution in [0.25, 0.3) is 0 Å². The molecule has 5 heteroatoms. The molecule has 0 unspecified atom stereocenters. The third-order valence-electron chi connectivity index (χ3n) is 3.50. The Morgan fingerprint density at radius 2 is 1.83 bits per heavy atom. The van der Waals surface area contributed by atoms with E-state index in [1.54, 1.807) is 12.1 Å². The number of anilines is 1. The van der Waals surface area contributed by atoms with E-state index in [-0.39, 0.29) is 18.1 Å². The van der Waals surface area contributed by atoms with Crippen LogP contribution in [0.1, 0.15) is 18.1 Å². The number of carbonyl (C=O) groups is 1. The Bertz CT molecular complexity index is 673. The van der Waals surface area contributed by atoms with Crippen molar-refractivity contribution in [1.82, 2.24) is 4.90 Å². The minimum absolute atomic E-state index is 0.193. The molecule has 2 rings (SSSR count). The average Bonchev–Trinajstić information content (AvgIpc) is 2.50. The van der Waals surface area contributed by atoms with E-state index >= 15 is 0 Å². The molecule has 23 heavy (non-hydrogen) atoms. The lowest BCUT2D eigenvalue weighted by Gasteiger charge is -2.17. The van der Waals surface area contributed by atoms with Gasteiger partial charge in [0.05, 0.1) is 12.2 Å². The molecular formula is C18H20BrFN2O. The monoisotopic (exact) mass is 378 g/mol. The third-order valence-corrected chi connectivity index (χ3v) is 4.00. The van der Waals surface area contributed by atoms with E-state index in [0.717, 1.165) is 12.0 Å². The second kappa shape index (κ2) is 8.22. The average molecular weight is 379 g/mol. The second-order valence-corrected chi connectivity index (χ2v) is 6.43. The molecule has 0 aliphatic rings. The third kappa shape index (κ3) is 5.44. The summed E-state index contributed by atoms with van der Waals surface area (Å²) in [6.45, 7) is 2.98. The minimum Gasteiger partial charge on any atom is -0.322 e. The Kier molecular flexibility index (Phi) is 6.30. The predicted octanol–water partition coefficient (Wildman–Crippen LogP) is 4.22. The van der Waals surface area contributed by atoms with Crippen LogP contribution < -0.4 is 5.32 Å². The maximum absolute atomic E-state index is 13.7. The fourth-order valence-electron chi connectivity index (χ4n) is 2.27. The fraction of sp³-hybridized carbons (Fsp3) is 0.278. The first kappa shape index (κ1) is 17.6. The number of benzene rings is 2. The first-order valence-electron chi connectivity index (χ1n) is 7.49. The van der Waals surface area contributed by atoms with E-state index in [1.165, 1.54) is 11.6 Å². The van der Waals surface area contributed by atoms with E-state index in [1.807, 2.05) is 11.9 Å². The highest BCUT2D eigenvalue weighted by molar-refractivity contribution is 9.10. The topological polar surface area (TPSA) is 32.3 Å². The first-order chi connectivity index (χ1) is 11.0. The zero-order valence-electron chi connectivity index (χ0n) is 13.3. The number of halogens is 2. The normalized spacial score (nSPS) is 10.8. The van der Waals surface area contributed by atoms with E-state index in [2.05, 4.69) is 52.4 Å². The molecule has 1 amide bonds. The number of nitrogens with zero attached hydrogens (tertiary/aromatic N) is 1. The van der Waals surface area contributed by atoms with Gasteiger partial charge in [-0.3, -0.25) is 9.69 Å². The van der Waals surface area contributed by atoms with Gasteiger partial charge in [0.15, 0.2) is 0 Å². The standard InChI is InChI=1S/C18H20BrFN2O/c1-3-13-4-6-14(7-5-13)11-22(2)12-18(23)21-17-9-8-15(19)10-16(17)20/h4-10H,3,11-12H2,1-2H3,(H,21,23). The highest BCUT2D eigenvalue weighted by Gasteiger charge is 2.10. The number of hydrogen-bond donors (Lipinski definition) is 1. The second-order valence-electron chi connectivity index (χ2n) is 5.51. The van der Waals surface area contributed by atoms with Gasteiger partial charge < -0.3 is 5.32 Å². The van der Waals surface area contributed by atoms with Crippen LogP contribution >= 0.6 is 15.9 Å². The zero-order valence-corrected chi connectivity index (χ0v) is 14.9. The van der Waals surface area contributed by atoms with Gasteiger partial charge in [-0.05, 0) is 42.8 Å². The number of hydrogen-bond acceptors (Lipinski definition) is 2. The summed E-state index contributed by atoms with van der Waals surface area (Å²) in [6.07, 6.45) is 1.01. The van der Waals surface area contributed by atoms with Gasteiger partial charge in [0, 0.05) is 11.0 Å². The maximum atomic E-state index is 13.7. The molecule has 0 aliphatic carbocycles. The van der Waals surface area contributed by atoms with Crippen LogP contribution in [0.15, 0.2) is 46.9 Å². The molecule has 0 spiro atoms. The van der Waals surface area contributed by atoms with Crippen molar-refractivity contribution in [2.75, 3.05) is 18.9 Å². The SMILES string of the molecule is CCc1ccc(CN(C)CC(=O)Nc2ccc(Br)cc2F)cc1. The minimum atomic E-state index is -0.453. The van der Waals surface area contributed by atoms with Crippen molar-refractivity contribution in [2.45, 2.75) is 19.9 Å². The van der Waals surface area contributed by atoms with Crippen molar-refractivity contribution < 1.29 is 9.18 Å². The Morgan fingerprint density at radius 3 is 2.43 bits per heavy atom. The zero-order chi connectivity index (χ0) is 16.8. The molecule has 122 valence electrons. The van der Waals surface area contributed by atoms with Gasteiger partial charge in [0.1, 0.15) is 5.82 Å². The van der Waals surface area contributed by atoms with Gasteiger partial charge in [-0.25, -0.2) is 4.39 Å². The molecular weight excluding hydrogens is 359 g/mol. The molecule has 0 saturated carbocycles. The Balaban J connectivity index is 1.88. The smallest absolute Gasteiger partial charge is 0.238 e. The molecule has 0 aliphatic heterocycles. The van der Waals surface area contributed by atoms with Gasteiger partial charge in [-0.2, -0.15) is 0 Å². The van der Waals surface area contributed by atoms with E-state index < -0.39 is 5.82 Å². The summed E-state index contributed by atoms with van der Waals surface area (Å²) in [4.78, 5) is 13.9. The predicted molar refractivity (Wildman–Crippen MR) is 94.9 cm³/mol. The van der Waals surface area contributed by atoms with Crippen LogP contribution in [-0.2, 0) is 17.8 Å². The van der Waals surface area contributed by atoms with Crippen molar-refractivity contribution in [1.29, 1.82) is 0 Å². The molecule has 1 N–H and O–H groups in total. The highest BCUT2D eigenvalue weighted by atomic mass is 79.9. The lowest BCUT2D eigenvalue weighted by Crippen LogP contribution is -2.30. The van der Waals surface area contributed by atoms with Gasteiger partial charge in [-0.15, -0.1) is 0 Å². The van der Waals surface area contributed by atoms with Crippen LogP contribution in [0.4, 0.5) is 10.1 Å². The Hall–Kier alpha value is -1.72. The van der Waals surface area contributed by atoms with Crippen LogP contribution in [-0.4, -0.2) is 24.4 Å². The molecule has 0 saturated heterocycles. The summed E-state index contributed by atoms with van der Waals surface area (Å²) in [6, 6.07) is 12.9. The van der Waals surface area contributed by atoms with Crippen LogP contribution in [0.2, 0.25) is 0 Å². The summed E-state index contributed by atoms with van der Waals surface area (Å²) in [5.74, 6) is -0.690. The van der Waals surface area contributed by atoms with Crippen molar-refractivity contribution in [2.24, 2.45) is 0 Å². The molecule has 0 atom stereocenters. The molecule has 2 aromatic carbocycles. The molecule has 2 aromatic rings. The maximum Gasteiger partial charge on any atom is 0.238 e. The van der Waals surface area contributed by atoms with Crippen LogP contribution in [0, 0.1) is 5.82 Å². The van der Waals surface area contributed by atoms with Gasteiger partial charge in [-0.1, -0.05) is 47.1 Å². The molecule has 0 aromatic heterocycles. The summed E-state index contributed by atoms with van der Waals surface area (Å²) in [7, 11) is 1.87. The van der Waals surface area contributed by atoms with Crippen molar-refractivity contribution >= 4 is 27.5 Å². The number of carbonyl (C=O) groups excluding carboxylic acids is 1. The number of likely N-dealkylation sites (N-methyl/N-ethyl adjacent to an activating group) is 1. The fourth-order valence-corrected chi connectivity index (χ4v) is 2.61. The lowest BCUT2D eigenvalue weighted by molar-refractivity contribution is -0.117. The van der Waals surface area contributed by atoms with E-state index in [0.29, 0.717) is 11.0 Å². The highest BCUT2D eigenvalue weighted by Crippen LogP contribution is 2.19. The molecule has 0 fully saturated rings. The largest absolute Gasteiger partial charge is 0.322 e. The van der Waals surface area contributed by atoms with Crippen molar-refractivity contribution in [3.63, 3.8) is 0 Å². The van der Waals surface area contributed by atoms with E-state index in [9.17, 15) is 9.18 Å². The first-order valence-corrected chi connectivity index (χ1v) is 8.28. The summed E-state index contributed by atoms with van der Waals surface area (Å²) in [5.41, 5.74) is 2.63. The van der Waals surface area contributed by atoms with Gasteiger partial charge in [0.25, 0.3) is 0 Å². The summed E-state index contributed by atoms with van der Waals surface area (Å²) >= 11 is 3.19. The molecule has 3 nitrogen and oxygen atoms in total. The van der Waals surface area contributed by atoms with Crippen LogP contribution in [0.5, 0.6) is 0 Å². The molecule has 0 radical (unpaired) electrons. The van der Waals surface area contributed by atoms with Gasteiger partial charge in [0.2, 0.25) is 5.91 Å².